The van der Waals surface area contributed by atoms with Crippen LogP contribution in [0.15, 0.2) is 71.8 Å². The molecule has 0 bridgehead atoms. The summed E-state index contributed by atoms with van der Waals surface area (Å²) in [5.41, 5.74) is 5.48. The van der Waals surface area contributed by atoms with Crippen LogP contribution in [0.3, 0.4) is 0 Å². The lowest BCUT2D eigenvalue weighted by atomic mass is 10.1. The molecule has 0 aliphatic rings. The van der Waals surface area contributed by atoms with Crippen molar-refractivity contribution in [3.63, 3.8) is 0 Å². The molecule has 3 rings (SSSR count). The number of benzene rings is 3. The number of nitrogens with one attached hydrogen (secondary N) is 1. The van der Waals surface area contributed by atoms with Crippen molar-refractivity contribution in [1.82, 2.24) is 5.43 Å². The number of amides is 1. The molecule has 1 N–H and O–H groups in total. The monoisotopic (exact) mass is 346 g/mol. The van der Waals surface area contributed by atoms with E-state index in [1.165, 1.54) is 5.56 Å². The zero-order chi connectivity index (χ0) is 18.5. The van der Waals surface area contributed by atoms with E-state index in [1.807, 2.05) is 80.6 Å². The van der Waals surface area contributed by atoms with E-state index in [4.69, 9.17) is 4.74 Å². The third kappa shape index (κ3) is 4.28. The fourth-order valence-corrected chi connectivity index (χ4v) is 2.59. The fraction of sp³-hybridized carbons (Fsp3) is 0.182. The summed E-state index contributed by atoms with van der Waals surface area (Å²) in [7, 11) is 0. The van der Waals surface area contributed by atoms with Crippen LogP contribution in [-0.2, 0) is 4.79 Å². The lowest BCUT2D eigenvalue weighted by Gasteiger charge is -2.14. The Morgan fingerprint density at radius 3 is 2.42 bits per heavy atom. The Labute approximate surface area is 153 Å². The Hall–Kier alpha value is -3.14. The maximum absolute atomic E-state index is 12.3. The van der Waals surface area contributed by atoms with Gasteiger partial charge in [-0.25, -0.2) is 5.43 Å². The van der Waals surface area contributed by atoms with Crippen molar-refractivity contribution in [3.8, 4) is 5.75 Å². The lowest BCUT2D eigenvalue weighted by Crippen LogP contribution is -2.33. The number of hydrazone groups is 1. The van der Waals surface area contributed by atoms with E-state index in [2.05, 4.69) is 10.5 Å². The quantitative estimate of drug-likeness (QED) is 0.548. The topological polar surface area (TPSA) is 50.7 Å². The molecule has 132 valence electrons. The Morgan fingerprint density at radius 2 is 1.69 bits per heavy atom. The standard InChI is InChI=1S/C22H22N2O2/c1-15-8-10-18(11-9-15)16(2)23-24-22(25)17(3)26-21-13-12-19-6-4-5-7-20(19)14-21/h4-14,17H,1-3H3,(H,24,25)/b23-16+. The summed E-state index contributed by atoms with van der Waals surface area (Å²) in [5.74, 6) is 0.371. The zero-order valence-electron chi connectivity index (χ0n) is 15.2. The molecule has 0 aliphatic heterocycles. The lowest BCUT2D eigenvalue weighted by molar-refractivity contribution is -0.127. The van der Waals surface area contributed by atoms with Crippen LogP contribution < -0.4 is 10.2 Å². The number of rotatable bonds is 5. The summed E-state index contributed by atoms with van der Waals surface area (Å²) in [6.07, 6.45) is -0.647. The van der Waals surface area contributed by atoms with Crippen LogP contribution in [0.25, 0.3) is 10.8 Å². The molecule has 1 unspecified atom stereocenters. The van der Waals surface area contributed by atoms with Gasteiger partial charge in [0.05, 0.1) is 5.71 Å². The number of aryl methyl sites for hydroxylation is 1. The second kappa shape index (κ2) is 7.83. The minimum atomic E-state index is -0.647. The van der Waals surface area contributed by atoms with Crippen molar-refractivity contribution in [2.24, 2.45) is 5.10 Å². The molecule has 0 heterocycles. The minimum absolute atomic E-state index is 0.287. The number of hydrogen-bond donors (Lipinski definition) is 1. The minimum Gasteiger partial charge on any atom is -0.481 e. The molecule has 26 heavy (non-hydrogen) atoms. The highest BCUT2D eigenvalue weighted by Gasteiger charge is 2.14. The van der Waals surface area contributed by atoms with Crippen LogP contribution >= 0.6 is 0 Å². The molecule has 1 amide bonds. The highest BCUT2D eigenvalue weighted by atomic mass is 16.5. The molecule has 0 radical (unpaired) electrons. The van der Waals surface area contributed by atoms with Crippen LogP contribution in [0.5, 0.6) is 5.75 Å². The number of hydrogen-bond acceptors (Lipinski definition) is 3. The van der Waals surface area contributed by atoms with E-state index in [-0.39, 0.29) is 5.91 Å². The fourth-order valence-electron chi connectivity index (χ4n) is 2.59. The van der Waals surface area contributed by atoms with Gasteiger partial charge in [0, 0.05) is 0 Å². The third-order valence-corrected chi connectivity index (χ3v) is 4.21. The normalized spacial score (nSPS) is 12.7. The number of carbonyl (C=O) groups excluding carboxylic acids is 1. The van der Waals surface area contributed by atoms with E-state index < -0.39 is 6.10 Å². The molecular weight excluding hydrogens is 324 g/mol. The van der Waals surface area contributed by atoms with Crippen LogP contribution in [0, 0.1) is 6.92 Å². The second-order valence-corrected chi connectivity index (χ2v) is 6.31. The largest absolute Gasteiger partial charge is 0.481 e. The SMILES string of the molecule is C/C(=N\NC(=O)C(C)Oc1ccc2ccccc2c1)c1ccc(C)cc1. The average molecular weight is 346 g/mol. The van der Waals surface area contributed by atoms with Crippen molar-refractivity contribution < 1.29 is 9.53 Å². The highest BCUT2D eigenvalue weighted by molar-refractivity contribution is 5.99. The van der Waals surface area contributed by atoms with Gasteiger partial charge in [0.15, 0.2) is 6.10 Å². The Morgan fingerprint density at radius 1 is 1.00 bits per heavy atom. The molecule has 0 aliphatic carbocycles. The maximum Gasteiger partial charge on any atom is 0.280 e. The summed E-state index contributed by atoms with van der Waals surface area (Å²) in [6, 6.07) is 21.8. The van der Waals surface area contributed by atoms with E-state index in [1.54, 1.807) is 6.92 Å². The zero-order valence-corrected chi connectivity index (χ0v) is 15.2. The van der Waals surface area contributed by atoms with Gasteiger partial charge >= 0.3 is 0 Å². The Kier molecular flexibility index (Phi) is 5.32. The molecular formula is C22H22N2O2. The van der Waals surface area contributed by atoms with Gasteiger partial charge in [0.25, 0.3) is 5.91 Å². The van der Waals surface area contributed by atoms with Crippen molar-refractivity contribution in [2.75, 3.05) is 0 Å². The molecule has 0 spiro atoms. The van der Waals surface area contributed by atoms with Gasteiger partial charge in [-0.15, -0.1) is 0 Å². The van der Waals surface area contributed by atoms with Gasteiger partial charge in [-0.3, -0.25) is 4.79 Å². The van der Waals surface area contributed by atoms with Crippen LogP contribution in [0.1, 0.15) is 25.0 Å². The first-order chi connectivity index (χ1) is 12.5. The van der Waals surface area contributed by atoms with Crippen LogP contribution in [0.2, 0.25) is 0 Å². The van der Waals surface area contributed by atoms with E-state index in [9.17, 15) is 4.79 Å². The van der Waals surface area contributed by atoms with Crippen LogP contribution in [-0.4, -0.2) is 17.7 Å². The summed E-state index contributed by atoms with van der Waals surface area (Å²) < 4.78 is 5.76. The number of ether oxygens (including phenoxy) is 1. The smallest absolute Gasteiger partial charge is 0.280 e. The number of fused-ring (bicyclic) bond motifs is 1. The molecule has 1 atom stereocenters. The van der Waals surface area contributed by atoms with Gasteiger partial charge in [-0.2, -0.15) is 5.10 Å². The Bertz CT molecular complexity index is 946. The van der Waals surface area contributed by atoms with Crippen molar-refractivity contribution in [3.05, 3.63) is 77.9 Å². The first kappa shape index (κ1) is 17.7. The molecule has 4 heteroatoms. The summed E-state index contributed by atoms with van der Waals surface area (Å²) in [6.45, 7) is 5.60. The summed E-state index contributed by atoms with van der Waals surface area (Å²) in [5, 5.41) is 6.38. The molecule has 3 aromatic rings. The van der Waals surface area contributed by atoms with Crippen molar-refractivity contribution in [2.45, 2.75) is 26.9 Å². The first-order valence-electron chi connectivity index (χ1n) is 8.59. The van der Waals surface area contributed by atoms with Crippen LogP contribution in [0.4, 0.5) is 0 Å². The van der Waals surface area contributed by atoms with Gasteiger partial charge in [0.2, 0.25) is 0 Å². The van der Waals surface area contributed by atoms with Gasteiger partial charge < -0.3 is 4.74 Å². The molecule has 4 nitrogen and oxygen atoms in total. The van der Waals surface area contributed by atoms with Gasteiger partial charge in [-0.05, 0) is 49.2 Å². The molecule has 0 aromatic heterocycles. The highest BCUT2D eigenvalue weighted by Crippen LogP contribution is 2.21. The van der Waals surface area contributed by atoms with E-state index in [0.29, 0.717) is 5.75 Å². The van der Waals surface area contributed by atoms with E-state index in [0.717, 1.165) is 22.0 Å². The van der Waals surface area contributed by atoms with Crippen molar-refractivity contribution in [1.29, 1.82) is 0 Å². The summed E-state index contributed by atoms with van der Waals surface area (Å²) in [4.78, 5) is 12.3. The molecule has 3 aromatic carbocycles. The Balaban J connectivity index is 1.63. The van der Waals surface area contributed by atoms with Gasteiger partial charge in [0.1, 0.15) is 5.75 Å². The third-order valence-electron chi connectivity index (χ3n) is 4.21. The predicted octanol–water partition coefficient (Wildman–Crippen LogP) is 4.46. The molecule has 0 fully saturated rings. The predicted molar refractivity (Wildman–Crippen MR) is 106 cm³/mol. The summed E-state index contributed by atoms with van der Waals surface area (Å²) >= 11 is 0. The molecule has 0 saturated carbocycles. The maximum atomic E-state index is 12.3. The first-order valence-corrected chi connectivity index (χ1v) is 8.59. The second-order valence-electron chi connectivity index (χ2n) is 6.31. The number of carbonyl (C=O) groups is 1. The molecule has 0 saturated heterocycles. The van der Waals surface area contributed by atoms with Gasteiger partial charge in [-0.1, -0.05) is 60.2 Å². The number of nitrogens with zero attached hydrogens (tertiary/aromatic N) is 1. The van der Waals surface area contributed by atoms with Crippen molar-refractivity contribution >= 4 is 22.4 Å². The average Bonchev–Trinajstić information content (AvgIpc) is 2.66. The van der Waals surface area contributed by atoms with E-state index >= 15 is 0 Å².